The summed E-state index contributed by atoms with van der Waals surface area (Å²) in [7, 11) is 1.34. The number of ether oxygens (including phenoxy) is 2. The third kappa shape index (κ3) is 4.17. The number of nitrogens with zero attached hydrogens (tertiary/aromatic N) is 2. The van der Waals surface area contributed by atoms with Crippen molar-refractivity contribution in [2.45, 2.75) is 63.8 Å². The summed E-state index contributed by atoms with van der Waals surface area (Å²) in [6.45, 7) is 5.77. The van der Waals surface area contributed by atoms with E-state index in [1.807, 2.05) is 0 Å². The smallest absolute Gasteiger partial charge is 0.319 e. The van der Waals surface area contributed by atoms with Gasteiger partial charge in [0.1, 0.15) is 0 Å². The molecular formula is C24H34BrN3O5. The Labute approximate surface area is 203 Å². The molecule has 0 fully saturated rings. The van der Waals surface area contributed by atoms with E-state index in [-0.39, 0.29) is 34.9 Å². The number of carbonyl (C=O) groups is 1. The number of halogens is 1. The number of methoxy groups -OCH3 is 1. The van der Waals surface area contributed by atoms with Gasteiger partial charge in [-0.15, -0.1) is 0 Å². The third-order valence-corrected chi connectivity index (χ3v) is 8.13. The van der Waals surface area contributed by atoms with Gasteiger partial charge in [-0.3, -0.25) is 14.9 Å². The highest BCUT2D eigenvalue weighted by molar-refractivity contribution is 9.09. The first-order valence-electron chi connectivity index (χ1n) is 11.8. The van der Waals surface area contributed by atoms with Crippen LogP contribution < -0.4 is 5.32 Å². The van der Waals surface area contributed by atoms with Crippen LogP contribution in [0.1, 0.15) is 46.0 Å². The van der Waals surface area contributed by atoms with E-state index in [0.29, 0.717) is 13.0 Å². The molecule has 2 unspecified atom stereocenters. The van der Waals surface area contributed by atoms with Gasteiger partial charge in [0, 0.05) is 46.8 Å². The summed E-state index contributed by atoms with van der Waals surface area (Å²) in [5.41, 5.74) is 2.88. The maximum Gasteiger partial charge on any atom is 0.319 e. The van der Waals surface area contributed by atoms with Crippen LogP contribution in [0, 0.1) is 21.4 Å². The second-order valence-corrected chi connectivity index (χ2v) is 10.7. The van der Waals surface area contributed by atoms with E-state index >= 15 is 0 Å². The van der Waals surface area contributed by atoms with Crippen LogP contribution in [0.4, 0.5) is 0 Å². The van der Waals surface area contributed by atoms with Gasteiger partial charge in [0.15, 0.2) is 5.72 Å². The molecule has 2 heterocycles. The number of alkyl halides is 1. The highest BCUT2D eigenvalue weighted by atomic mass is 79.9. The van der Waals surface area contributed by atoms with Crippen LogP contribution in [0.25, 0.3) is 0 Å². The first kappa shape index (κ1) is 24.4. The number of hydrogen-bond donors (Lipinski definition) is 1. The van der Waals surface area contributed by atoms with Crippen molar-refractivity contribution in [2.24, 2.45) is 11.3 Å². The summed E-state index contributed by atoms with van der Waals surface area (Å²) < 4.78 is 11.8. The van der Waals surface area contributed by atoms with Gasteiger partial charge >= 0.3 is 5.97 Å². The predicted octanol–water partition coefficient (Wildman–Crippen LogP) is 3.56. The molecule has 33 heavy (non-hydrogen) atoms. The highest BCUT2D eigenvalue weighted by Crippen LogP contribution is 2.59. The zero-order valence-electron chi connectivity index (χ0n) is 19.6. The van der Waals surface area contributed by atoms with Crippen molar-refractivity contribution in [1.29, 1.82) is 0 Å². The lowest BCUT2D eigenvalue weighted by Crippen LogP contribution is -2.60. The van der Waals surface area contributed by atoms with Crippen molar-refractivity contribution in [3.05, 3.63) is 45.2 Å². The van der Waals surface area contributed by atoms with Crippen LogP contribution in [0.2, 0.25) is 0 Å². The largest absolute Gasteiger partial charge is 0.468 e. The standard InChI is InChI=1S/C24H34BrN3O5/c1-23(2)19-6-4-5-7-20(19)27(11-10-25)24(23)9-8-16-12-18(28(30)31)13-17(22(16)33-24)14-26-15-21(29)32-3/h8-9,13,16,18,22,26H,4-7,10-12,14-15H2,1-3H3/t16?,18-,22+,24?/m1/s1. The number of carbonyl (C=O) groups excluding carboxylic acids is 1. The van der Waals surface area contributed by atoms with Gasteiger partial charge in [-0.1, -0.05) is 35.9 Å². The molecule has 0 aromatic carbocycles. The van der Waals surface area contributed by atoms with E-state index in [4.69, 9.17) is 9.47 Å². The Balaban J connectivity index is 1.67. The summed E-state index contributed by atoms with van der Waals surface area (Å²) in [6.07, 6.45) is 10.7. The number of rotatable bonds is 7. The Morgan fingerprint density at radius 2 is 2.15 bits per heavy atom. The fourth-order valence-corrected chi connectivity index (χ4v) is 6.47. The van der Waals surface area contributed by atoms with E-state index in [0.717, 1.165) is 30.3 Å². The molecule has 4 atom stereocenters. The summed E-state index contributed by atoms with van der Waals surface area (Å²) in [5, 5.41) is 15.6. The van der Waals surface area contributed by atoms with Crippen molar-refractivity contribution < 1.29 is 19.2 Å². The Kier molecular flexibility index (Phi) is 7.03. The maximum atomic E-state index is 11.6. The summed E-state index contributed by atoms with van der Waals surface area (Å²) in [6, 6.07) is -0.759. The average molecular weight is 524 g/mol. The minimum Gasteiger partial charge on any atom is -0.468 e. The van der Waals surface area contributed by atoms with Crippen molar-refractivity contribution in [2.75, 3.05) is 32.1 Å². The molecule has 2 aliphatic carbocycles. The number of nitro groups is 1. The Bertz CT molecular complexity index is 899. The van der Waals surface area contributed by atoms with Crippen molar-refractivity contribution in [1.82, 2.24) is 10.2 Å². The molecule has 1 spiro atoms. The zero-order valence-corrected chi connectivity index (χ0v) is 21.2. The topological polar surface area (TPSA) is 93.9 Å². The molecular weight excluding hydrogens is 490 g/mol. The maximum absolute atomic E-state index is 11.6. The highest BCUT2D eigenvalue weighted by Gasteiger charge is 2.60. The number of allylic oxidation sites excluding steroid dienone is 1. The van der Waals surface area contributed by atoms with E-state index in [9.17, 15) is 14.9 Å². The lowest BCUT2D eigenvalue weighted by atomic mass is 9.71. The molecule has 182 valence electrons. The molecule has 0 aromatic heterocycles. The molecule has 0 saturated heterocycles. The van der Waals surface area contributed by atoms with E-state index in [1.54, 1.807) is 6.08 Å². The fourth-order valence-electron chi connectivity index (χ4n) is 6.11. The molecule has 0 saturated carbocycles. The van der Waals surface area contributed by atoms with Crippen LogP contribution in [-0.2, 0) is 14.3 Å². The molecule has 0 radical (unpaired) electrons. The Morgan fingerprint density at radius 1 is 1.39 bits per heavy atom. The minimum absolute atomic E-state index is 0.0480. The summed E-state index contributed by atoms with van der Waals surface area (Å²) in [5.74, 6) is -0.447. The number of nitrogens with one attached hydrogen (secondary N) is 1. The van der Waals surface area contributed by atoms with E-state index in [1.165, 1.54) is 31.2 Å². The van der Waals surface area contributed by atoms with Crippen LogP contribution in [0.3, 0.4) is 0 Å². The number of fused-ring (bicyclic) bond motifs is 1. The molecule has 0 amide bonds. The molecule has 0 bridgehead atoms. The number of hydrogen-bond acceptors (Lipinski definition) is 7. The van der Waals surface area contributed by atoms with E-state index in [2.05, 4.69) is 52.1 Å². The first-order valence-corrected chi connectivity index (χ1v) is 12.9. The SMILES string of the molecule is COC(=O)CNCC1=C[C@H]([N+](=O)[O-])CC2C=CC3(O[C@H]12)N(CCBr)C1=C(CCCC1)C3(C)C. The second kappa shape index (κ2) is 9.50. The van der Waals surface area contributed by atoms with Gasteiger partial charge < -0.3 is 19.7 Å². The van der Waals surface area contributed by atoms with Gasteiger partial charge in [0.25, 0.3) is 0 Å². The van der Waals surface area contributed by atoms with Crippen LogP contribution in [-0.4, -0.2) is 65.7 Å². The zero-order chi connectivity index (χ0) is 23.8. The summed E-state index contributed by atoms with van der Waals surface area (Å²) in [4.78, 5) is 25.4. The monoisotopic (exact) mass is 523 g/mol. The lowest BCUT2D eigenvalue weighted by molar-refractivity contribution is -0.512. The van der Waals surface area contributed by atoms with Gasteiger partial charge in [-0.25, -0.2) is 0 Å². The fraction of sp³-hybridized carbons (Fsp3) is 0.708. The minimum atomic E-state index is -0.759. The van der Waals surface area contributed by atoms with Crippen molar-refractivity contribution in [3.63, 3.8) is 0 Å². The normalized spacial score (nSPS) is 32.4. The van der Waals surface area contributed by atoms with Crippen LogP contribution in [0.5, 0.6) is 0 Å². The Morgan fingerprint density at radius 3 is 2.85 bits per heavy atom. The van der Waals surface area contributed by atoms with Gasteiger partial charge in [-0.2, -0.15) is 0 Å². The molecule has 9 heteroatoms. The summed E-state index contributed by atoms with van der Waals surface area (Å²) >= 11 is 3.64. The predicted molar refractivity (Wildman–Crippen MR) is 128 cm³/mol. The average Bonchev–Trinajstić information content (AvgIpc) is 2.98. The third-order valence-electron chi connectivity index (χ3n) is 7.77. The van der Waals surface area contributed by atoms with Crippen LogP contribution >= 0.6 is 15.9 Å². The van der Waals surface area contributed by atoms with Gasteiger partial charge in [0.05, 0.1) is 19.8 Å². The molecule has 8 nitrogen and oxygen atoms in total. The Hall–Kier alpha value is -1.71. The van der Waals surface area contributed by atoms with Gasteiger partial charge in [-0.05, 0) is 49.0 Å². The molecule has 2 aliphatic heterocycles. The first-order chi connectivity index (χ1) is 15.7. The quantitative estimate of drug-likeness (QED) is 0.179. The molecule has 0 aromatic rings. The van der Waals surface area contributed by atoms with E-state index < -0.39 is 11.8 Å². The molecule has 1 N–H and O–H groups in total. The van der Waals surface area contributed by atoms with Crippen molar-refractivity contribution >= 4 is 21.9 Å². The molecule has 4 aliphatic rings. The number of esters is 1. The second-order valence-electron chi connectivity index (χ2n) is 9.87. The van der Waals surface area contributed by atoms with Crippen LogP contribution in [0.15, 0.2) is 35.1 Å². The van der Waals surface area contributed by atoms with Gasteiger partial charge in [0.2, 0.25) is 6.04 Å². The molecule has 4 rings (SSSR count). The lowest BCUT2D eigenvalue weighted by Gasteiger charge is -2.52. The van der Waals surface area contributed by atoms with Crippen molar-refractivity contribution in [3.8, 4) is 0 Å².